The summed E-state index contributed by atoms with van der Waals surface area (Å²) in [5.74, 6) is -10.7. The average molecular weight is 1010 g/mol. The van der Waals surface area contributed by atoms with Gasteiger partial charge in [0.2, 0.25) is 18.5 Å². The number of benzene rings is 1. The number of nitrogens with zero attached hydrogens (tertiary/aromatic N) is 1. The number of hydrogen-bond donors (Lipinski definition) is 2. The fourth-order valence-corrected chi connectivity index (χ4v) is 7.42. The van der Waals surface area contributed by atoms with E-state index in [4.69, 9.17) is 38.9 Å². The van der Waals surface area contributed by atoms with E-state index in [2.05, 4.69) is 5.32 Å². The molecule has 388 valence electrons. The second kappa shape index (κ2) is 33.8. The van der Waals surface area contributed by atoms with Crippen molar-refractivity contribution >= 4 is 51.8 Å². The maximum absolute atomic E-state index is 15.1. The van der Waals surface area contributed by atoms with Crippen LogP contribution in [0.5, 0.6) is 0 Å². The molecule has 0 saturated carbocycles. The number of carbonyl (C=O) groups is 7. The van der Waals surface area contributed by atoms with Crippen LogP contribution >= 0.6 is 0 Å². The van der Waals surface area contributed by atoms with Gasteiger partial charge in [0.15, 0.2) is 0 Å². The van der Waals surface area contributed by atoms with E-state index in [9.17, 15) is 46.8 Å². The van der Waals surface area contributed by atoms with Crippen LogP contribution in [0.1, 0.15) is 104 Å². The van der Waals surface area contributed by atoms with Gasteiger partial charge in [-0.1, -0.05) is 26.0 Å². The Morgan fingerprint density at radius 3 is 1.52 bits per heavy atom. The smallest absolute Gasteiger partial charge is 0.744 e. The maximum atomic E-state index is 15.1. The monoisotopic (exact) mass is 1010 g/mol. The normalized spacial score (nSPS) is 13.9. The van der Waals surface area contributed by atoms with Crippen molar-refractivity contribution in [3.8, 4) is 0 Å². The van der Waals surface area contributed by atoms with E-state index < -0.39 is 118 Å². The zero-order valence-electron chi connectivity index (χ0n) is 41.9. The molecular weight excluding hydrogens is 938 g/mol. The molecule has 1 rings (SSSR count). The Balaban J connectivity index is 0.0000462. The van der Waals surface area contributed by atoms with Crippen molar-refractivity contribution in [1.82, 2.24) is 5.32 Å². The number of hydrogen-bond acceptors (Lipinski definition) is 18. The summed E-state index contributed by atoms with van der Waals surface area (Å²) < 4.78 is 74.5. The topological polar surface area (TPSA) is 302 Å². The van der Waals surface area contributed by atoms with E-state index in [1.807, 2.05) is 21.0 Å². The van der Waals surface area contributed by atoms with Crippen LogP contribution in [0.25, 0.3) is 0 Å². The molecule has 21 nitrogen and oxygen atoms in total. The Morgan fingerprint density at radius 1 is 0.696 bits per heavy atom. The molecular formula is C46H74N3NaO18S. The second-order valence-electron chi connectivity index (χ2n) is 17.2. The van der Waals surface area contributed by atoms with Gasteiger partial charge in [-0.25, -0.2) is 8.42 Å². The van der Waals surface area contributed by atoms with Gasteiger partial charge in [-0.05, 0) is 83.4 Å². The molecule has 2 amide bonds. The summed E-state index contributed by atoms with van der Waals surface area (Å²) in [7, 11) is -1.14. The molecule has 3 N–H and O–H groups in total. The van der Waals surface area contributed by atoms with Crippen molar-refractivity contribution in [2.75, 3.05) is 86.8 Å². The van der Waals surface area contributed by atoms with Crippen molar-refractivity contribution in [2.45, 2.75) is 109 Å². The van der Waals surface area contributed by atoms with Gasteiger partial charge in [-0.3, -0.25) is 33.3 Å². The van der Waals surface area contributed by atoms with Gasteiger partial charge in [-0.2, -0.15) is 0 Å². The van der Waals surface area contributed by atoms with E-state index in [1.165, 1.54) is 12.1 Å². The first-order valence-corrected chi connectivity index (χ1v) is 24.4. The molecule has 23 heteroatoms. The SMILES string of the molecule is CCOC(=O)CCOCC(COCCC(=O)OCC)(COCCC(=O)OCC)NC(=O)C(CC(CC(CC)C(N)=O)C(=O)[O-])CC(CC(C)C(=O)OC[N+](C)(C)CC)c1ccc(S(=O)(=O)[O-])cc1.[Na+]. The van der Waals surface area contributed by atoms with Gasteiger partial charge in [-0.15, -0.1) is 0 Å². The second-order valence-corrected chi connectivity index (χ2v) is 18.6. The molecule has 0 heterocycles. The summed E-state index contributed by atoms with van der Waals surface area (Å²) in [6.45, 7) is 9.38. The number of primary amides is 1. The van der Waals surface area contributed by atoms with Gasteiger partial charge in [0.1, 0.15) is 15.7 Å². The molecule has 0 radical (unpaired) electrons. The van der Waals surface area contributed by atoms with E-state index in [0.29, 0.717) is 16.6 Å². The summed E-state index contributed by atoms with van der Waals surface area (Å²) in [5.41, 5.74) is 4.36. The van der Waals surface area contributed by atoms with Crippen LogP contribution in [0.3, 0.4) is 0 Å². The third-order valence-electron chi connectivity index (χ3n) is 11.2. The summed E-state index contributed by atoms with van der Waals surface area (Å²) in [4.78, 5) is 89.9. The van der Waals surface area contributed by atoms with Crippen molar-refractivity contribution in [3.05, 3.63) is 29.8 Å². The van der Waals surface area contributed by atoms with Crippen LogP contribution < -0.4 is 45.7 Å². The van der Waals surface area contributed by atoms with Crippen molar-refractivity contribution in [1.29, 1.82) is 0 Å². The Hall–Kier alpha value is -3.74. The van der Waals surface area contributed by atoms with Crippen LogP contribution in [-0.4, -0.2) is 151 Å². The summed E-state index contributed by atoms with van der Waals surface area (Å²) in [5, 5.41) is 15.8. The zero-order chi connectivity index (χ0) is 51.5. The number of esters is 4. The quantitative estimate of drug-likeness (QED) is 0.0149. The molecule has 1 aromatic carbocycles. The number of carbonyl (C=O) groups excluding carboxylic acids is 7. The molecule has 0 aliphatic heterocycles. The third-order valence-corrected chi connectivity index (χ3v) is 12.0. The first kappa shape index (κ1) is 65.3. The summed E-state index contributed by atoms with van der Waals surface area (Å²) in [6.07, 6.45) is -1.28. The molecule has 0 bridgehead atoms. The van der Waals surface area contributed by atoms with Gasteiger partial charge < -0.3 is 58.7 Å². The fraction of sp³-hybridized carbons (Fsp3) is 0.717. The van der Waals surface area contributed by atoms with Crippen molar-refractivity contribution < 1.29 is 119 Å². The fourth-order valence-electron chi connectivity index (χ4n) is 6.95. The van der Waals surface area contributed by atoms with Crippen molar-refractivity contribution in [3.63, 3.8) is 0 Å². The largest absolute Gasteiger partial charge is 1.00 e. The Labute approximate surface area is 429 Å². The molecule has 5 unspecified atom stereocenters. The van der Waals surface area contributed by atoms with Crippen molar-refractivity contribution in [2.24, 2.45) is 29.4 Å². The molecule has 0 aliphatic carbocycles. The Bertz CT molecular complexity index is 1800. The molecule has 5 atom stereocenters. The number of rotatable bonds is 37. The van der Waals surface area contributed by atoms with E-state index >= 15 is 4.79 Å². The molecule has 0 aliphatic rings. The molecule has 0 saturated heterocycles. The van der Waals surface area contributed by atoms with Gasteiger partial charge in [0, 0.05) is 23.7 Å². The van der Waals surface area contributed by atoms with E-state index in [-0.39, 0.29) is 121 Å². The van der Waals surface area contributed by atoms with Crippen LogP contribution in [-0.2, 0) is 76.8 Å². The average Bonchev–Trinajstić information content (AvgIpc) is 3.27. The Morgan fingerprint density at radius 2 is 1.14 bits per heavy atom. The summed E-state index contributed by atoms with van der Waals surface area (Å²) in [6, 6.07) is 4.91. The van der Waals surface area contributed by atoms with Crippen LogP contribution in [0.4, 0.5) is 0 Å². The predicted molar refractivity (Wildman–Crippen MR) is 240 cm³/mol. The number of carboxylic acids is 1. The predicted octanol–water partition coefficient (Wildman–Crippen LogP) is -1.27. The molecule has 0 fully saturated rings. The number of quaternary nitrogens is 1. The number of ether oxygens (including phenoxy) is 7. The van der Waals surface area contributed by atoms with E-state index in [1.54, 1.807) is 34.6 Å². The number of nitrogens with two attached hydrogens (primary N) is 1. The maximum Gasteiger partial charge on any atom is 1.00 e. The molecule has 1 aromatic rings. The number of carboxylic acid groups (broad SMARTS) is 1. The third kappa shape index (κ3) is 26.3. The minimum atomic E-state index is -4.87. The van der Waals surface area contributed by atoms with Gasteiger partial charge in [0.05, 0.1) is 110 Å². The zero-order valence-corrected chi connectivity index (χ0v) is 44.7. The molecule has 0 spiro atoms. The minimum Gasteiger partial charge on any atom is -0.744 e. The standard InChI is InChI=1S/C46H75N3O18S.Na/c1-9-33(42(47)53)25-37(44(55)56)27-36(26-35(34-14-16-38(17-15-34)68(58,59)60)24-32(6)45(57)67-31-49(7,8)10-2)43(54)48-46(28-61-21-18-39(50)64-11-3,29-62-22-19-40(51)65-12-4)30-63-23-20-41(52)66-13-5;/h14-17,32-33,35-37H,9-13,18-31H2,1-8H3,(H4-,47,48,53,54,55,56,58,59,60);/q;+1/p-1. The van der Waals surface area contributed by atoms with Gasteiger partial charge in [0.25, 0.3) is 0 Å². The van der Waals surface area contributed by atoms with E-state index in [0.717, 1.165) is 12.1 Å². The van der Waals surface area contributed by atoms with Gasteiger partial charge >= 0.3 is 53.4 Å². The van der Waals surface area contributed by atoms with Crippen LogP contribution in [0.15, 0.2) is 29.2 Å². The molecule has 0 aromatic heterocycles. The van der Waals surface area contributed by atoms with Crippen LogP contribution in [0.2, 0.25) is 0 Å². The number of amides is 2. The Kier molecular flexibility index (Phi) is 31.9. The first-order chi connectivity index (χ1) is 32.0. The van der Waals surface area contributed by atoms with Crippen LogP contribution in [0, 0.1) is 23.7 Å². The first-order valence-electron chi connectivity index (χ1n) is 23.0. The number of aliphatic carboxylic acids is 1. The number of nitrogens with one attached hydrogen (secondary N) is 1. The summed E-state index contributed by atoms with van der Waals surface area (Å²) >= 11 is 0. The minimum absolute atomic E-state index is 0. The molecule has 69 heavy (non-hydrogen) atoms.